The third-order valence-corrected chi connectivity index (χ3v) is 4.38. The molecule has 0 aliphatic heterocycles. The van der Waals surface area contributed by atoms with Gasteiger partial charge in [0.05, 0.1) is 10.2 Å². The molecule has 1 heterocycles. The third kappa shape index (κ3) is 3.65. The van der Waals surface area contributed by atoms with Gasteiger partial charge in [0.2, 0.25) is 0 Å². The minimum Gasteiger partial charge on any atom is -0.484 e. The number of thiazole rings is 1. The molecule has 0 unspecified atom stereocenters. The number of hydrogen-bond donors (Lipinski definition) is 1. The van der Waals surface area contributed by atoms with Crippen LogP contribution in [0.25, 0.3) is 10.2 Å². The summed E-state index contributed by atoms with van der Waals surface area (Å²) in [7, 11) is 0. The van der Waals surface area contributed by atoms with Crippen LogP contribution in [-0.4, -0.2) is 17.5 Å². The second kappa shape index (κ2) is 6.34. The van der Waals surface area contributed by atoms with Crippen molar-refractivity contribution in [2.24, 2.45) is 0 Å². The fraction of sp³-hybridized carbons (Fsp3) is 0.176. The summed E-state index contributed by atoms with van der Waals surface area (Å²) in [6.07, 6.45) is 0. The molecule has 3 aromatic rings. The lowest BCUT2D eigenvalue weighted by Crippen LogP contribution is -2.20. The number of rotatable bonds is 4. The summed E-state index contributed by atoms with van der Waals surface area (Å²) in [5.74, 6) is 0.0227. The number of anilines is 1. The van der Waals surface area contributed by atoms with Crippen molar-refractivity contribution in [2.45, 2.75) is 13.8 Å². The molecule has 0 fully saturated rings. The number of amides is 1. The first-order valence-corrected chi connectivity index (χ1v) is 7.89. The maximum atomic E-state index is 13.1. The predicted molar refractivity (Wildman–Crippen MR) is 89.6 cm³/mol. The number of carbonyl (C=O) groups is 1. The highest BCUT2D eigenvalue weighted by Gasteiger charge is 2.09. The topological polar surface area (TPSA) is 51.2 Å². The van der Waals surface area contributed by atoms with E-state index >= 15 is 0 Å². The van der Waals surface area contributed by atoms with Crippen molar-refractivity contribution in [1.82, 2.24) is 4.98 Å². The molecule has 0 saturated heterocycles. The van der Waals surface area contributed by atoms with Crippen LogP contribution in [0, 0.1) is 19.7 Å². The van der Waals surface area contributed by atoms with Gasteiger partial charge in [-0.15, -0.1) is 0 Å². The molecule has 1 N–H and O–H groups in total. The number of aromatic nitrogens is 1. The lowest BCUT2D eigenvalue weighted by molar-refractivity contribution is -0.118. The average molecular weight is 330 g/mol. The van der Waals surface area contributed by atoms with Crippen molar-refractivity contribution in [2.75, 3.05) is 11.9 Å². The van der Waals surface area contributed by atoms with Gasteiger partial charge in [-0.3, -0.25) is 10.1 Å². The summed E-state index contributed by atoms with van der Waals surface area (Å²) in [6.45, 7) is 3.90. The van der Waals surface area contributed by atoms with Crippen LogP contribution in [0.1, 0.15) is 11.1 Å². The summed E-state index contributed by atoms with van der Waals surface area (Å²) in [5, 5.41) is 3.10. The van der Waals surface area contributed by atoms with Crippen molar-refractivity contribution in [1.29, 1.82) is 0 Å². The Morgan fingerprint density at radius 3 is 2.83 bits per heavy atom. The van der Waals surface area contributed by atoms with Gasteiger partial charge < -0.3 is 4.74 Å². The monoisotopic (exact) mass is 330 g/mol. The summed E-state index contributed by atoms with van der Waals surface area (Å²) >= 11 is 1.23. The molecule has 1 aromatic heterocycles. The number of halogens is 1. The molecule has 1 amide bonds. The van der Waals surface area contributed by atoms with Gasteiger partial charge in [0.1, 0.15) is 11.6 Å². The van der Waals surface area contributed by atoms with Crippen LogP contribution in [0.5, 0.6) is 5.75 Å². The second-order valence-corrected chi connectivity index (χ2v) is 6.24. The van der Waals surface area contributed by atoms with Gasteiger partial charge in [-0.25, -0.2) is 9.37 Å². The number of benzene rings is 2. The molecule has 2 aromatic carbocycles. The van der Waals surface area contributed by atoms with E-state index in [0.29, 0.717) is 21.1 Å². The van der Waals surface area contributed by atoms with Gasteiger partial charge in [0, 0.05) is 0 Å². The predicted octanol–water partition coefficient (Wildman–Crippen LogP) is 4.07. The zero-order chi connectivity index (χ0) is 16.4. The standard InChI is InChI=1S/C17H15FN2O2S/c1-10-3-5-13(7-11(10)2)22-9-16(21)20-17-19-14-6-4-12(18)8-15(14)23-17/h3-8H,9H2,1-2H3,(H,19,20,21). The first-order valence-electron chi connectivity index (χ1n) is 7.07. The Balaban J connectivity index is 1.62. The Morgan fingerprint density at radius 2 is 2.04 bits per heavy atom. The lowest BCUT2D eigenvalue weighted by atomic mass is 10.1. The van der Waals surface area contributed by atoms with E-state index in [1.165, 1.54) is 29.0 Å². The molecule has 4 nitrogen and oxygen atoms in total. The Kier molecular flexibility index (Phi) is 4.25. The van der Waals surface area contributed by atoms with Crippen LogP contribution in [0.3, 0.4) is 0 Å². The molecule has 23 heavy (non-hydrogen) atoms. The van der Waals surface area contributed by atoms with Gasteiger partial charge in [-0.05, 0) is 55.3 Å². The van der Waals surface area contributed by atoms with Crippen LogP contribution in [-0.2, 0) is 4.79 Å². The first kappa shape index (κ1) is 15.4. The molecule has 0 aliphatic rings. The van der Waals surface area contributed by atoms with E-state index in [1.54, 1.807) is 6.07 Å². The highest BCUT2D eigenvalue weighted by molar-refractivity contribution is 7.22. The maximum Gasteiger partial charge on any atom is 0.264 e. The maximum absolute atomic E-state index is 13.1. The summed E-state index contributed by atoms with van der Waals surface area (Å²) in [5.41, 5.74) is 2.93. The van der Waals surface area contributed by atoms with Crippen molar-refractivity contribution in [3.8, 4) is 5.75 Å². The minimum absolute atomic E-state index is 0.104. The number of hydrogen-bond acceptors (Lipinski definition) is 4. The SMILES string of the molecule is Cc1ccc(OCC(=O)Nc2nc3ccc(F)cc3s2)cc1C. The van der Waals surface area contributed by atoms with Crippen LogP contribution < -0.4 is 10.1 Å². The molecular weight excluding hydrogens is 315 g/mol. The lowest BCUT2D eigenvalue weighted by Gasteiger charge is -2.07. The quantitative estimate of drug-likeness (QED) is 0.784. The summed E-state index contributed by atoms with van der Waals surface area (Å²) in [6, 6.07) is 10.00. The molecule has 0 spiro atoms. The highest BCUT2D eigenvalue weighted by atomic mass is 32.1. The van der Waals surface area contributed by atoms with E-state index in [2.05, 4.69) is 10.3 Å². The van der Waals surface area contributed by atoms with Crippen LogP contribution >= 0.6 is 11.3 Å². The van der Waals surface area contributed by atoms with E-state index in [1.807, 2.05) is 32.0 Å². The Hall–Kier alpha value is -2.47. The van der Waals surface area contributed by atoms with Crippen molar-refractivity contribution < 1.29 is 13.9 Å². The molecule has 0 saturated carbocycles. The number of aryl methyl sites for hydroxylation is 2. The Morgan fingerprint density at radius 1 is 1.22 bits per heavy atom. The third-order valence-electron chi connectivity index (χ3n) is 3.45. The minimum atomic E-state index is -0.322. The largest absolute Gasteiger partial charge is 0.484 e. The molecule has 0 radical (unpaired) electrons. The Labute approximate surface area is 136 Å². The molecule has 0 atom stereocenters. The van der Waals surface area contributed by atoms with Crippen LogP contribution in [0.4, 0.5) is 9.52 Å². The Bertz CT molecular complexity index is 876. The van der Waals surface area contributed by atoms with E-state index in [4.69, 9.17) is 4.74 Å². The molecule has 0 aliphatic carbocycles. The molecule has 6 heteroatoms. The normalized spacial score (nSPS) is 10.7. The molecule has 3 rings (SSSR count). The van der Waals surface area contributed by atoms with Crippen LogP contribution in [0.2, 0.25) is 0 Å². The molecule has 0 bridgehead atoms. The van der Waals surface area contributed by atoms with E-state index in [0.717, 1.165) is 5.56 Å². The van der Waals surface area contributed by atoms with Crippen molar-refractivity contribution >= 4 is 32.6 Å². The first-order chi connectivity index (χ1) is 11.0. The van der Waals surface area contributed by atoms with Gasteiger partial charge in [-0.2, -0.15) is 0 Å². The number of nitrogens with zero attached hydrogens (tertiary/aromatic N) is 1. The van der Waals surface area contributed by atoms with Crippen molar-refractivity contribution in [3.63, 3.8) is 0 Å². The van der Waals surface area contributed by atoms with E-state index in [9.17, 15) is 9.18 Å². The number of nitrogens with one attached hydrogen (secondary N) is 1. The number of fused-ring (bicyclic) bond motifs is 1. The average Bonchev–Trinajstić information content (AvgIpc) is 2.89. The van der Waals surface area contributed by atoms with Gasteiger partial charge in [0.25, 0.3) is 5.91 Å². The molecule has 118 valence electrons. The van der Waals surface area contributed by atoms with Crippen molar-refractivity contribution in [3.05, 3.63) is 53.3 Å². The fourth-order valence-corrected chi connectivity index (χ4v) is 2.97. The molecular formula is C17H15FN2O2S. The second-order valence-electron chi connectivity index (χ2n) is 5.21. The van der Waals surface area contributed by atoms with E-state index in [-0.39, 0.29) is 18.3 Å². The summed E-state index contributed by atoms with van der Waals surface area (Å²) in [4.78, 5) is 16.2. The smallest absolute Gasteiger partial charge is 0.264 e. The van der Waals surface area contributed by atoms with Crippen LogP contribution in [0.15, 0.2) is 36.4 Å². The van der Waals surface area contributed by atoms with E-state index < -0.39 is 0 Å². The van der Waals surface area contributed by atoms with Gasteiger partial charge >= 0.3 is 0 Å². The zero-order valence-corrected chi connectivity index (χ0v) is 13.5. The highest BCUT2D eigenvalue weighted by Crippen LogP contribution is 2.26. The van der Waals surface area contributed by atoms with Gasteiger partial charge in [0.15, 0.2) is 11.7 Å². The van der Waals surface area contributed by atoms with Gasteiger partial charge in [-0.1, -0.05) is 17.4 Å². The summed E-state index contributed by atoms with van der Waals surface area (Å²) < 4.78 is 19.3. The zero-order valence-electron chi connectivity index (χ0n) is 12.7. The number of carbonyl (C=O) groups excluding carboxylic acids is 1. The number of ether oxygens (including phenoxy) is 1. The fourth-order valence-electron chi connectivity index (χ4n) is 2.06.